The Kier molecular flexibility index (Phi) is 4.37. The summed E-state index contributed by atoms with van der Waals surface area (Å²) in [5.41, 5.74) is 7.27. The van der Waals surface area contributed by atoms with Crippen LogP contribution in [0.4, 0.5) is 4.39 Å². The molecular formula is C14H17BrFN3. The van der Waals surface area contributed by atoms with Crippen molar-refractivity contribution in [3.8, 4) is 5.69 Å². The molecule has 0 aliphatic rings. The van der Waals surface area contributed by atoms with Crippen LogP contribution in [-0.4, -0.2) is 16.1 Å². The van der Waals surface area contributed by atoms with E-state index < -0.39 is 0 Å². The first-order chi connectivity index (χ1) is 9.04. The van der Waals surface area contributed by atoms with E-state index in [4.69, 9.17) is 5.73 Å². The molecule has 0 spiro atoms. The average molecular weight is 326 g/mol. The highest BCUT2D eigenvalue weighted by Gasteiger charge is 2.20. The van der Waals surface area contributed by atoms with E-state index >= 15 is 0 Å². The van der Waals surface area contributed by atoms with Crippen LogP contribution in [0.3, 0.4) is 0 Å². The van der Waals surface area contributed by atoms with Crippen LogP contribution in [0.15, 0.2) is 35.2 Å². The van der Waals surface area contributed by atoms with Crippen LogP contribution in [0.25, 0.3) is 5.69 Å². The maximum Gasteiger partial charge on any atom is 0.148 e. The molecule has 0 aliphatic carbocycles. The van der Waals surface area contributed by atoms with Gasteiger partial charge < -0.3 is 10.3 Å². The Morgan fingerprint density at radius 1 is 1.42 bits per heavy atom. The Hall–Kier alpha value is -1.20. The van der Waals surface area contributed by atoms with Crippen LogP contribution in [0.5, 0.6) is 0 Å². The van der Waals surface area contributed by atoms with Crippen molar-refractivity contribution in [3.63, 3.8) is 0 Å². The van der Waals surface area contributed by atoms with Gasteiger partial charge in [-0.1, -0.05) is 29.8 Å². The lowest BCUT2D eigenvalue weighted by molar-refractivity contribution is 0.487. The molecular weight excluding hydrogens is 309 g/mol. The second-order valence-electron chi connectivity index (χ2n) is 4.87. The van der Waals surface area contributed by atoms with Gasteiger partial charge >= 0.3 is 0 Å². The summed E-state index contributed by atoms with van der Waals surface area (Å²) >= 11 is 3.26. The molecule has 0 fully saturated rings. The SMILES string of the molecule is CC(C)C(CN)c1cncn1-c1ccc(Br)cc1F. The number of nitrogens with zero attached hydrogens (tertiary/aromatic N) is 2. The number of nitrogens with two attached hydrogens (primary N) is 1. The summed E-state index contributed by atoms with van der Waals surface area (Å²) in [6, 6.07) is 5.00. The highest BCUT2D eigenvalue weighted by molar-refractivity contribution is 9.10. The van der Waals surface area contributed by atoms with Crippen molar-refractivity contribution in [1.82, 2.24) is 9.55 Å². The van der Waals surface area contributed by atoms with Gasteiger partial charge in [0.25, 0.3) is 0 Å². The molecule has 0 radical (unpaired) electrons. The van der Waals surface area contributed by atoms with Crippen LogP contribution >= 0.6 is 15.9 Å². The molecule has 19 heavy (non-hydrogen) atoms. The van der Waals surface area contributed by atoms with E-state index in [2.05, 4.69) is 34.8 Å². The Bertz CT molecular complexity index is 566. The highest BCUT2D eigenvalue weighted by Crippen LogP contribution is 2.27. The molecule has 1 aromatic carbocycles. The molecule has 2 aromatic rings. The number of hydrogen-bond acceptors (Lipinski definition) is 2. The predicted molar refractivity (Wildman–Crippen MR) is 77.9 cm³/mol. The molecule has 0 bridgehead atoms. The fraction of sp³-hybridized carbons (Fsp3) is 0.357. The van der Waals surface area contributed by atoms with Crippen LogP contribution < -0.4 is 5.73 Å². The van der Waals surface area contributed by atoms with Crippen LogP contribution in [0, 0.1) is 11.7 Å². The predicted octanol–water partition coefficient (Wildman–Crippen LogP) is 3.47. The van der Waals surface area contributed by atoms with Crippen molar-refractivity contribution in [2.24, 2.45) is 11.7 Å². The monoisotopic (exact) mass is 325 g/mol. The van der Waals surface area contributed by atoms with E-state index in [0.29, 0.717) is 18.2 Å². The van der Waals surface area contributed by atoms with Gasteiger partial charge in [-0.15, -0.1) is 0 Å². The van der Waals surface area contributed by atoms with E-state index in [-0.39, 0.29) is 11.7 Å². The molecule has 0 aliphatic heterocycles. The largest absolute Gasteiger partial charge is 0.330 e. The quantitative estimate of drug-likeness (QED) is 0.935. The maximum absolute atomic E-state index is 14.1. The second-order valence-corrected chi connectivity index (χ2v) is 5.79. The van der Waals surface area contributed by atoms with Gasteiger partial charge in [0.15, 0.2) is 0 Å². The zero-order valence-electron chi connectivity index (χ0n) is 11.0. The van der Waals surface area contributed by atoms with Crippen molar-refractivity contribution in [2.45, 2.75) is 19.8 Å². The summed E-state index contributed by atoms with van der Waals surface area (Å²) in [6.07, 6.45) is 3.39. The minimum Gasteiger partial charge on any atom is -0.330 e. The van der Waals surface area contributed by atoms with Crippen molar-refractivity contribution in [1.29, 1.82) is 0 Å². The fourth-order valence-electron chi connectivity index (χ4n) is 2.19. The first-order valence-corrected chi connectivity index (χ1v) is 7.01. The fourth-order valence-corrected chi connectivity index (χ4v) is 2.53. The Morgan fingerprint density at radius 2 is 2.16 bits per heavy atom. The highest BCUT2D eigenvalue weighted by atomic mass is 79.9. The molecule has 3 nitrogen and oxygen atoms in total. The van der Waals surface area contributed by atoms with Crippen molar-refractivity contribution < 1.29 is 4.39 Å². The minimum absolute atomic E-state index is 0.158. The zero-order chi connectivity index (χ0) is 14.0. The smallest absolute Gasteiger partial charge is 0.148 e. The molecule has 1 aromatic heterocycles. The number of rotatable bonds is 4. The van der Waals surface area contributed by atoms with E-state index in [1.807, 2.05) is 6.07 Å². The first kappa shape index (κ1) is 14.2. The summed E-state index contributed by atoms with van der Waals surface area (Å²) in [4.78, 5) is 4.14. The topological polar surface area (TPSA) is 43.8 Å². The van der Waals surface area contributed by atoms with E-state index in [9.17, 15) is 4.39 Å². The van der Waals surface area contributed by atoms with E-state index in [0.717, 1.165) is 10.2 Å². The molecule has 0 saturated heterocycles. The van der Waals surface area contributed by atoms with Crippen molar-refractivity contribution in [2.75, 3.05) is 6.54 Å². The van der Waals surface area contributed by atoms with Gasteiger partial charge in [0.2, 0.25) is 0 Å². The summed E-state index contributed by atoms with van der Waals surface area (Å²) < 4.78 is 16.5. The number of imidazole rings is 1. The van der Waals surface area contributed by atoms with Gasteiger partial charge in [0.05, 0.1) is 12.0 Å². The van der Waals surface area contributed by atoms with Crippen LogP contribution in [0.1, 0.15) is 25.5 Å². The summed E-state index contributed by atoms with van der Waals surface area (Å²) in [6.45, 7) is 4.72. The Balaban J connectivity index is 2.49. The summed E-state index contributed by atoms with van der Waals surface area (Å²) in [5.74, 6) is 0.248. The van der Waals surface area contributed by atoms with Crippen LogP contribution in [0.2, 0.25) is 0 Å². The lowest BCUT2D eigenvalue weighted by Crippen LogP contribution is -2.20. The normalized spacial score (nSPS) is 12.9. The van der Waals surface area contributed by atoms with Gasteiger partial charge in [-0.3, -0.25) is 0 Å². The van der Waals surface area contributed by atoms with Gasteiger partial charge in [0.1, 0.15) is 5.82 Å². The number of hydrogen-bond donors (Lipinski definition) is 1. The first-order valence-electron chi connectivity index (χ1n) is 6.22. The zero-order valence-corrected chi connectivity index (χ0v) is 12.6. The Labute approximate surface area is 120 Å². The lowest BCUT2D eigenvalue weighted by atomic mass is 9.93. The number of benzene rings is 1. The molecule has 2 rings (SSSR count). The molecule has 5 heteroatoms. The lowest BCUT2D eigenvalue weighted by Gasteiger charge is -2.21. The minimum atomic E-state index is -0.284. The third-order valence-corrected chi connectivity index (χ3v) is 3.77. The molecule has 102 valence electrons. The van der Waals surface area contributed by atoms with Gasteiger partial charge in [-0.25, -0.2) is 9.37 Å². The van der Waals surface area contributed by atoms with Crippen molar-refractivity contribution in [3.05, 3.63) is 46.7 Å². The molecule has 1 heterocycles. The summed E-state index contributed by atoms with van der Waals surface area (Å²) in [5, 5.41) is 0. The molecule has 0 saturated carbocycles. The van der Waals surface area contributed by atoms with E-state index in [1.54, 1.807) is 23.2 Å². The number of halogens is 2. The van der Waals surface area contributed by atoms with E-state index in [1.165, 1.54) is 6.07 Å². The van der Waals surface area contributed by atoms with Crippen molar-refractivity contribution >= 4 is 15.9 Å². The Morgan fingerprint density at radius 3 is 2.74 bits per heavy atom. The standard InChI is InChI=1S/C14H17BrFN3/c1-9(2)11(6-17)14-7-18-8-19(14)13-4-3-10(15)5-12(13)16/h3-5,7-9,11H,6,17H2,1-2H3. The molecule has 1 atom stereocenters. The van der Waals surface area contributed by atoms with Gasteiger partial charge in [-0.2, -0.15) is 0 Å². The third-order valence-electron chi connectivity index (χ3n) is 3.27. The molecule has 1 unspecified atom stereocenters. The van der Waals surface area contributed by atoms with Gasteiger partial charge in [-0.05, 0) is 24.1 Å². The second kappa shape index (κ2) is 5.84. The summed E-state index contributed by atoms with van der Waals surface area (Å²) in [7, 11) is 0. The third kappa shape index (κ3) is 2.87. The molecule has 0 amide bonds. The maximum atomic E-state index is 14.1. The van der Waals surface area contributed by atoms with Crippen LogP contribution in [-0.2, 0) is 0 Å². The number of aromatic nitrogens is 2. The molecule has 2 N–H and O–H groups in total. The average Bonchev–Trinajstić information content (AvgIpc) is 2.78. The van der Waals surface area contributed by atoms with Gasteiger partial charge in [0, 0.05) is 28.8 Å².